The maximum atomic E-state index is 12.1. The lowest BCUT2D eigenvalue weighted by Gasteiger charge is -2.10. The van der Waals surface area contributed by atoms with Crippen LogP contribution < -0.4 is 10.2 Å². The summed E-state index contributed by atoms with van der Waals surface area (Å²) >= 11 is 0. The van der Waals surface area contributed by atoms with E-state index >= 15 is 0 Å². The number of carbonyl (C=O) groups excluding carboxylic acids is 1. The molecule has 24 heavy (non-hydrogen) atoms. The Morgan fingerprint density at radius 3 is 2.58 bits per heavy atom. The van der Waals surface area contributed by atoms with Gasteiger partial charge in [0.2, 0.25) is 0 Å². The van der Waals surface area contributed by atoms with E-state index in [0.717, 1.165) is 22.1 Å². The second kappa shape index (κ2) is 7.42. The van der Waals surface area contributed by atoms with Crippen molar-refractivity contribution in [3.63, 3.8) is 0 Å². The summed E-state index contributed by atoms with van der Waals surface area (Å²) in [5, 5.41) is 6.23. The van der Waals surface area contributed by atoms with Crippen molar-refractivity contribution in [1.82, 2.24) is 5.43 Å². The molecule has 0 aliphatic carbocycles. The quantitative estimate of drug-likeness (QED) is 0.571. The number of nitrogens with zero attached hydrogens (tertiary/aromatic N) is 1. The highest BCUT2D eigenvalue weighted by atomic mass is 16.5. The lowest BCUT2D eigenvalue weighted by Crippen LogP contribution is -2.17. The number of carbonyl (C=O) groups is 1. The van der Waals surface area contributed by atoms with E-state index < -0.39 is 0 Å². The third-order valence-electron chi connectivity index (χ3n) is 3.63. The van der Waals surface area contributed by atoms with Gasteiger partial charge in [-0.1, -0.05) is 48.5 Å². The maximum absolute atomic E-state index is 12.1. The molecule has 0 unspecified atom stereocenters. The fraction of sp³-hybridized carbons (Fsp3) is 0.100. The topological polar surface area (TPSA) is 50.7 Å². The number of benzene rings is 3. The number of ether oxygens (including phenoxy) is 1. The van der Waals surface area contributed by atoms with Crippen LogP contribution in [0.4, 0.5) is 0 Å². The fourth-order valence-electron chi connectivity index (χ4n) is 2.50. The first kappa shape index (κ1) is 15.7. The molecule has 3 aromatic carbocycles. The second-order valence-electron chi connectivity index (χ2n) is 5.20. The molecule has 3 rings (SSSR count). The van der Waals surface area contributed by atoms with Crippen molar-refractivity contribution < 1.29 is 9.53 Å². The highest BCUT2D eigenvalue weighted by Crippen LogP contribution is 2.26. The molecular weight excluding hydrogens is 300 g/mol. The first-order valence-corrected chi connectivity index (χ1v) is 7.82. The summed E-state index contributed by atoms with van der Waals surface area (Å²) in [5.74, 6) is 0.499. The average Bonchev–Trinajstić information content (AvgIpc) is 2.64. The Hall–Kier alpha value is -3.14. The summed E-state index contributed by atoms with van der Waals surface area (Å²) in [5.41, 5.74) is 3.97. The van der Waals surface area contributed by atoms with Crippen molar-refractivity contribution in [1.29, 1.82) is 0 Å². The van der Waals surface area contributed by atoms with Gasteiger partial charge in [0.15, 0.2) is 0 Å². The molecule has 1 N–H and O–H groups in total. The molecule has 4 nitrogen and oxygen atoms in total. The zero-order chi connectivity index (χ0) is 16.8. The monoisotopic (exact) mass is 318 g/mol. The van der Waals surface area contributed by atoms with Gasteiger partial charge in [0.25, 0.3) is 5.91 Å². The van der Waals surface area contributed by atoms with Crippen LogP contribution in [0, 0.1) is 0 Å². The summed E-state index contributed by atoms with van der Waals surface area (Å²) in [6.45, 7) is 2.50. The SMILES string of the molecule is CCOc1ccc2ccccc2c1/C=N\NC(=O)c1ccccc1. The molecule has 0 aliphatic heterocycles. The van der Waals surface area contributed by atoms with Crippen LogP contribution in [0.5, 0.6) is 5.75 Å². The largest absolute Gasteiger partial charge is 0.493 e. The van der Waals surface area contributed by atoms with Crippen LogP contribution in [-0.4, -0.2) is 18.7 Å². The Morgan fingerprint density at radius 1 is 1.04 bits per heavy atom. The third-order valence-corrected chi connectivity index (χ3v) is 3.63. The predicted molar refractivity (Wildman–Crippen MR) is 96.6 cm³/mol. The Labute approximate surface area is 140 Å². The van der Waals surface area contributed by atoms with Crippen molar-refractivity contribution in [3.8, 4) is 5.75 Å². The summed E-state index contributed by atoms with van der Waals surface area (Å²) in [4.78, 5) is 12.1. The lowest BCUT2D eigenvalue weighted by atomic mass is 10.0. The first-order valence-electron chi connectivity index (χ1n) is 7.82. The van der Waals surface area contributed by atoms with E-state index in [1.165, 1.54) is 0 Å². The number of hydrazone groups is 1. The first-order chi connectivity index (χ1) is 11.8. The molecule has 0 saturated heterocycles. The number of nitrogens with one attached hydrogen (secondary N) is 1. The van der Waals surface area contributed by atoms with Crippen LogP contribution in [0.25, 0.3) is 10.8 Å². The molecule has 0 saturated carbocycles. The molecule has 0 heterocycles. The Bertz CT molecular complexity index is 873. The molecule has 0 radical (unpaired) electrons. The molecule has 0 fully saturated rings. The van der Waals surface area contributed by atoms with Gasteiger partial charge in [0, 0.05) is 11.1 Å². The molecule has 0 bridgehead atoms. The van der Waals surface area contributed by atoms with Crippen LogP contribution >= 0.6 is 0 Å². The lowest BCUT2D eigenvalue weighted by molar-refractivity contribution is 0.0955. The van der Waals surface area contributed by atoms with Gasteiger partial charge < -0.3 is 4.74 Å². The number of fused-ring (bicyclic) bond motifs is 1. The van der Waals surface area contributed by atoms with E-state index in [9.17, 15) is 4.79 Å². The standard InChI is InChI=1S/C20H18N2O2/c1-2-24-19-13-12-15-8-6-7-11-17(15)18(19)14-21-22-20(23)16-9-4-3-5-10-16/h3-14H,2H2,1H3,(H,22,23)/b21-14-. The van der Waals surface area contributed by atoms with E-state index in [4.69, 9.17) is 4.74 Å². The Kier molecular flexibility index (Phi) is 4.87. The Morgan fingerprint density at radius 2 is 1.79 bits per heavy atom. The molecule has 1 amide bonds. The van der Waals surface area contributed by atoms with Crippen LogP contribution in [0.2, 0.25) is 0 Å². The van der Waals surface area contributed by atoms with Crippen LogP contribution in [0.15, 0.2) is 71.8 Å². The van der Waals surface area contributed by atoms with Crippen molar-refractivity contribution in [3.05, 3.63) is 77.9 Å². The summed E-state index contributed by atoms with van der Waals surface area (Å²) in [6, 6.07) is 20.9. The summed E-state index contributed by atoms with van der Waals surface area (Å²) in [6.07, 6.45) is 1.63. The van der Waals surface area contributed by atoms with Gasteiger partial charge in [-0.3, -0.25) is 4.79 Å². The number of amides is 1. The molecule has 0 atom stereocenters. The number of rotatable bonds is 5. The second-order valence-corrected chi connectivity index (χ2v) is 5.20. The zero-order valence-electron chi connectivity index (χ0n) is 13.4. The van der Waals surface area contributed by atoms with Gasteiger partial charge in [-0.15, -0.1) is 0 Å². The highest BCUT2D eigenvalue weighted by Gasteiger charge is 2.07. The highest BCUT2D eigenvalue weighted by molar-refractivity contribution is 6.03. The van der Waals surface area contributed by atoms with Crippen LogP contribution in [0.3, 0.4) is 0 Å². The van der Waals surface area contributed by atoms with E-state index in [0.29, 0.717) is 12.2 Å². The summed E-state index contributed by atoms with van der Waals surface area (Å²) < 4.78 is 5.68. The molecule has 3 aromatic rings. The molecule has 0 spiro atoms. The Balaban J connectivity index is 1.88. The van der Waals surface area contributed by atoms with E-state index in [1.54, 1.807) is 18.3 Å². The third kappa shape index (κ3) is 3.43. The predicted octanol–water partition coefficient (Wildman–Crippen LogP) is 4.00. The van der Waals surface area contributed by atoms with Gasteiger partial charge in [0.1, 0.15) is 5.75 Å². The zero-order valence-corrected chi connectivity index (χ0v) is 13.4. The average molecular weight is 318 g/mol. The van der Waals surface area contributed by atoms with Gasteiger partial charge >= 0.3 is 0 Å². The fourth-order valence-corrected chi connectivity index (χ4v) is 2.50. The van der Waals surface area contributed by atoms with Gasteiger partial charge in [-0.05, 0) is 35.9 Å². The van der Waals surface area contributed by atoms with Gasteiger partial charge in [0.05, 0.1) is 12.8 Å². The van der Waals surface area contributed by atoms with Crippen LogP contribution in [0.1, 0.15) is 22.8 Å². The minimum Gasteiger partial charge on any atom is -0.493 e. The molecule has 0 aliphatic rings. The number of hydrogen-bond acceptors (Lipinski definition) is 3. The van der Waals surface area contributed by atoms with E-state index in [-0.39, 0.29) is 5.91 Å². The normalized spacial score (nSPS) is 10.9. The van der Waals surface area contributed by atoms with E-state index in [2.05, 4.69) is 10.5 Å². The van der Waals surface area contributed by atoms with Crippen molar-refractivity contribution in [2.45, 2.75) is 6.92 Å². The maximum Gasteiger partial charge on any atom is 0.271 e. The summed E-state index contributed by atoms with van der Waals surface area (Å²) in [7, 11) is 0. The molecule has 120 valence electrons. The number of hydrogen-bond donors (Lipinski definition) is 1. The molecule has 0 aromatic heterocycles. The smallest absolute Gasteiger partial charge is 0.271 e. The van der Waals surface area contributed by atoms with Gasteiger partial charge in [-0.2, -0.15) is 5.10 Å². The van der Waals surface area contributed by atoms with Crippen molar-refractivity contribution in [2.75, 3.05) is 6.61 Å². The minimum atomic E-state index is -0.245. The van der Waals surface area contributed by atoms with E-state index in [1.807, 2.05) is 61.5 Å². The van der Waals surface area contributed by atoms with Gasteiger partial charge in [-0.25, -0.2) is 5.43 Å². The minimum absolute atomic E-state index is 0.245. The molecular formula is C20H18N2O2. The van der Waals surface area contributed by atoms with Crippen molar-refractivity contribution >= 4 is 22.9 Å². The van der Waals surface area contributed by atoms with Crippen LogP contribution in [-0.2, 0) is 0 Å². The van der Waals surface area contributed by atoms with Crippen molar-refractivity contribution in [2.24, 2.45) is 5.10 Å². The molecule has 4 heteroatoms.